The van der Waals surface area contributed by atoms with E-state index in [2.05, 4.69) is 34.1 Å². The van der Waals surface area contributed by atoms with Crippen molar-refractivity contribution in [2.75, 3.05) is 31.1 Å². The molecular formula is C24H27N3O2S. The molecule has 156 valence electrons. The van der Waals surface area contributed by atoms with Crippen LogP contribution in [0.15, 0.2) is 53.5 Å². The van der Waals surface area contributed by atoms with E-state index in [0.29, 0.717) is 11.3 Å². The van der Waals surface area contributed by atoms with E-state index in [0.717, 1.165) is 56.7 Å². The summed E-state index contributed by atoms with van der Waals surface area (Å²) in [6, 6.07) is 14.4. The lowest BCUT2D eigenvalue weighted by atomic mass is 9.94. The predicted molar refractivity (Wildman–Crippen MR) is 120 cm³/mol. The third-order valence-corrected chi connectivity index (χ3v) is 7.40. The Balaban J connectivity index is 1.42. The number of nitrogens with zero attached hydrogens (tertiary/aromatic N) is 3. The van der Waals surface area contributed by atoms with Crippen LogP contribution in [-0.4, -0.2) is 53.8 Å². The van der Waals surface area contributed by atoms with Crippen LogP contribution < -0.4 is 4.90 Å². The third-order valence-electron chi connectivity index (χ3n) is 6.52. The van der Waals surface area contributed by atoms with Crippen LogP contribution in [0.25, 0.3) is 5.57 Å². The molecule has 5 rings (SSSR count). The fourth-order valence-electron chi connectivity index (χ4n) is 4.97. The molecule has 1 aliphatic carbocycles. The van der Waals surface area contributed by atoms with E-state index in [1.807, 2.05) is 23.6 Å². The molecule has 0 spiro atoms. The van der Waals surface area contributed by atoms with Crippen molar-refractivity contribution >= 4 is 34.4 Å². The van der Waals surface area contributed by atoms with Gasteiger partial charge in [0.15, 0.2) is 0 Å². The standard InChI is InChI=1S/C24H27N3O2S/c28-23-21(20-12-7-17-30-20)22(24(29)27(23)19-10-5-2-6-11-19)26-15-13-25(14-16-26)18-8-3-1-4-9-18/h1,3-4,7-9,12,17,19H,2,5-6,10-11,13-16H2. The molecule has 2 aliphatic heterocycles. The summed E-state index contributed by atoms with van der Waals surface area (Å²) in [4.78, 5) is 34.0. The smallest absolute Gasteiger partial charge is 0.278 e. The van der Waals surface area contributed by atoms with Gasteiger partial charge in [-0.25, -0.2) is 0 Å². The van der Waals surface area contributed by atoms with Gasteiger partial charge in [0.1, 0.15) is 5.70 Å². The van der Waals surface area contributed by atoms with Crippen molar-refractivity contribution in [1.82, 2.24) is 9.80 Å². The van der Waals surface area contributed by atoms with E-state index in [-0.39, 0.29) is 17.9 Å². The maximum Gasteiger partial charge on any atom is 0.278 e. The van der Waals surface area contributed by atoms with Crippen LogP contribution in [0, 0.1) is 0 Å². The Bertz CT molecular complexity index is 940. The molecule has 3 aliphatic rings. The van der Waals surface area contributed by atoms with Crippen molar-refractivity contribution in [3.63, 3.8) is 0 Å². The first-order valence-corrected chi connectivity index (χ1v) is 11.8. The van der Waals surface area contributed by atoms with Gasteiger partial charge in [-0.05, 0) is 36.4 Å². The van der Waals surface area contributed by atoms with E-state index in [1.165, 1.54) is 12.1 Å². The summed E-state index contributed by atoms with van der Waals surface area (Å²) in [5.74, 6) is -0.168. The van der Waals surface area contributed by atoms with E-state index in [4.69, 9.17) is 0 Å². The van der Waals surface area contributed by atoms with Crippen molar-refractivity contribution in [2.45, 2.75) is 38.1 Å². The highest BCUT2D eigenvalue weighted by atomic mass is 32.1. The van der Waals surface area contributed by atoms with Gasteiger partial charge in [-0.2, -0.15) is 0 Å². The normalized spacial score (nSPS) is 21.1. The first-order chi connectivity index (χ1) is 14.7. The first kappa shape index (κ1) is 19.4. The Morgan fingerprint density at radius 3 is 2.13 bits per heavy atom. The lowest BCUT2D eigenvalue weighted by molar-refractivity contribution is -0.141. The molecule has 2 amide bonds. The number of carbonyl (C=O) groups excluding carboxylic acids is 2. The van der Waals surface area contributed by atoms with Crippen molar-refractivity contribution in [1.29, 1.82) is 0 Å². The molecule has 0 N–H and O–H groups in total. The quantitative estimate of drug-likeness (QED) is 0.701. The van der Waals surface area contributed by atoms with Crippen molar-refractivity contribution in [3.05, 3.63) is 58.4 Å². The fraction of sp³-hybridized carbons (Fsp3) is 0.417. The van der Waals surface area contributed by atoms with E-state index >= 15 is 0 Å². The zero-order valence-corrected chi connectivity index (χ0v) is 17.9. The summed E-state index contributed by atoms with van der Waals surface area (Å²) in [5.41, 5.74) is 2.46. The molecule has 1 saturated heterocycles. The first-order valence-electron chi connectivity index (χ1n) is 10.9. The van der Waals surface area contributed by atoms with E-state index in [1.54, 1.807) is 16.2 Å². The molecule has 0 bridgehead atoms. The zero-order chi connectivity index (χ0) is 20.5. The molecule has 2 aromatic rings. The molecule has 1 aromatic heterocycles. The van der Waals surface area contributed by atoms with Crippen LogP contribution in [0.4, 0.5) is 5.69 Å². The van der Waals surface area contributed by atoms with Gasteiger partial charge in [0, 0.05) is 42.8 Å². The molecule has 5 nitrogen and oxygen atoms in total. The van der Waals surface area contributed by atoms with Crippen LogP contribution in [0.1, 0.15) is 37.0 Å². The molecule has 1 saturated carbocycles. The Kier molecular flexibility index (Phi) is 5.34. The second-order valence-corrected chi connectivity index (χ2v) is 9.23. The average molecular weight is 422 g/mol. The number of carbonyl (C=O) groups is 2. The van der Waals surface area contributed by atoms with E-state index < -0.39 is 0 Å². The molecule has 0 unspecified atom stereocenters. The topological polar surface area (TPSA) is 43.9 Å². The summed E-state index contributed by atoms with van der Waals surface area (Å²) >= 11 is 1.55. The lowest BCUT2D eigenvalue weighted by Gasteiger charge is -2.38. The maximum atomic E-state index is 13.6. The minimum Gasteiger partial charge on any atom is -0.368 e. The van der Waals surface area contributed by atoms with Gasteiger partial charge >= 0.3 is 0 Å². The maximum absolute atomic E-state index is 13.6. The summed E-state index contributed by atoms with van der Waals surface area (Å²) in [6.45, 7) is 3.18. The summed E-state index contributed by atoms with van der Waals surface area (Å²) in [7, 11) is 0. The van der Waals surface area contributed by atoms with E-state index in [9.17, 15) is 9.59 Å². The molecule has 0 radical (unpaired) electrons. The summed E-state index contributed by atoms with van der Waals surface area (Å²) in [6.07, 6.45) is 5.27. The van der Waals surface area contributed by atoms with Gasteiger partial charge in [0.2, 0.25) is 0 Å². The largest absolute Gasteiger partial charge is 0.368 e. The molecular weight excluding hydrogens is 394 g/mol. The predicted octanol–water partition coefficient (Wildman–Crippen LogP) is 3.98. The second-order valence-electron chi connectivity index (χ2n) is 8.28. The average Bonchev–Trinajstić information content (AvgIpc) is 3.41. The van der Waals surface area contributed by atoms with Gasteiger partial charge < -0.3 is 9.80 Å². The molecule has 6 heteroatoms. The highest BCUT2D eigenvalue weighted by molar-refractivity contribution is 7.11. The van der Waals surface area contributed by atoms with Crippen LogP contribution in [0.3, 0.4) is 0 Å². The lowest BCUT2D eigenvalue weighted by Crippen LogP contribution is -2.48. The number of rotatable bonds is 4. The number of benzene rings is 1. The summed E-state index contributed by atoms with van der Waals surface area (Å²) in [5, 5.41) is 1.98. The van der Waals surface area contributed by atoms with Gasteiger partial charge in [0.25, 0.3) is 11.8 Å². The van der Waals surface area contributed by atoms with Gasteiger partial charge in [-0.3, -0.25) is 14.5 Å². The van der Waals surface area contributed by atoms with Gasteiger partial charge in [-0.1, -0.05) is 43.5 Å². The number of para-hydroxylation sites is 1. The van der Waals surface area contributed by atoms with Crippen LogP contribution in [0.5, 0.6) is 0 Å². The SMILES string of the molecule is O=C1C(c2cccs2)=C(N2CCN(c3ccccc3)CC2)C(=O)N1C1CCCCC1. The zero-order valence-electron chi connectivity index (χ0n) is 17.1. The Hall–Kier alpha value is -2.60. The third kappa shape index (κ3) is 3.43. The number of piperazine rings is 1. The highest BCUT2D eigenvalue weighted by Gasteiger charge is 2.45. The molecule has 30 heavy (non-hydrogen) atoms. The second kappa shape index (κ2) is 8.26. The molecule has 2 fully saturated rings. The number of hydrogen-bond donors (Lipinski definition) is 0. The van der Waals surface area contributed by atoms with Crippen LogP contribution >= 0.6 is 11.3 Å². The minimum absolute atomic E-state index is 0.0526. The van der Waals surface area contributed by atoms with Crippen molar-refractivity contribution in [2.24, 2.45) is 0 Å². The number of anilines is 1. The van der Waals surface area contributed by atoms with Gasteiger partial charge in [-0.15, -0.1) is 11.3 Å². The molecule has 0 atom stereocenters. The van der Waals surface area contributed by atoms with Gasteiger partial charge in [0.05, 0.1) is 5.57 Å². The minimum atomic E-state index is -0.0881. The fourth-order valence-corrected chi connectivity index (χ4v) is 5.73. The molecule has 1 aromatic carbocycles. The number of imide groups is 1. The number of thiophene rings is 1. The monoisotopic (exact) mass is 421 g/mol. The summed E-state index contributed by atoms with van der Waals surface area (Å²) < 4.78 is 0. The number of amides is 2. The van der Waals surface area contributed by atoms with Crippen molar-refractivity contribution < 1.29 is 9.59 Å². The van der Waals surface area contributed by atoms with Crippen LogP contribution in [0.2, 0.25) is 0 Å². The molecule has 3 heterocycles. The van der Waals surface area contributed by atoms with Crippen LogP contribution in [-0.2, 0) is 9.59 Å². The number of hydrogen-bond acceptors (Lipinski definition) is 5. The van der Waals surface area contributed by atoms with Crippen molar-refractivity contribution in [3.8, 4) is 0 Å². The Labute approximate surface area is 181 Å². The Morgan fingerprint density at radius 1 is 0.767 bits per heavy atom. The highest BCUT2D eigenvalue weighted by Crippen LogP contribution is 2.38. The Morgan fingerprint density at radius 2 is 1.47 bits per heavy atom.